The molecule has 0 spiro atoms. The van der Waals surface area contributed by atoms with Crippen molar-refractivity contribution >= 4 is 17.0 Å². The Hall–Kier alpha value is -1.84. The zero-order chi connectivity index (χ0) is 14.8. The van der Waals surface area contributed by atoms with Crippen molar-refractivity contribution in [3.63, 3.8) is 0 Å². The van der Waals surface area contributed by atoms with Crippen molar-refractivity contribution in [3.05, 3.63) is 29.6 Å². The number of rotatable bonds is 4. The SMILES string of the molecule is CC1(C)CC1Cn1c(C2CC2)nc2ccc(C(=O)O)cc21. The van der Waals surface area contributed by atoms with Gasteiger partial charge in [0.25, 0.3) is 0 Å². The molecule has 0 amide bonds. The average Bonchev–Trinajstić information content (AvgIpc) is 3.32. The molecule has 1 aromatic heterocycles. The minimum Gasteiger partial charge on any atom is -0.478 e. The first-order valence-electron chi connectivity index (χ1n) is 7.69. The van der Waals surface area contributed by atoms with Crippen LogP contribution < -0.4 is 0 Å². The lowest BCUT2D eigenvalue weighted by atomic mass is 10.1. The molecule has 1 atom stereocenters. The second kappa shape index (κ2) is 4.09. The highest BCUT2D eigenvalue weighted by atomic mass is 16.4. The molecule has 0 bridgehead atoms. The van der Waals surface area contributed by atoms with Gasteiger partial charge in [-0.25, -0.2) is 9.78 Å². The molecule has 1 unspecified atom stereocenters. The lowest BCUT2D eigenvalue weighted by molar-refractivity contribution is 0.0697. The van der Waals surface area contributed by atoms with Crippen molar-refractivity contribution in [3.8, 4) is 0 Å². The molecule has 1 aromatic carbocycles. The number of carboxylic acid groups (broad SMARTS) is 1. The van der Waals surface area contributed by atoms with Gasteiger partial charge in [0, 0.05) is 12.5 Å². The fourth-order valence-electron chi connectivity index (χ4n) is 3.23. The van der Waals surface area contributed by atoms with Crippen LogP contribution in [-0.2, 0) is 6.54 Å². The molecule has 4 nitrogen and oxygen atoms in total. The fourth-order valence-corrected chi connectivity index (χ4v) is 3.23. The maximum absolute atomic E-state index is 11.2. The van der Waals surface area contributed by atoms with E-state index in [4.69, 9.17) is 4.98 Å². The predicted octanol–water partition coefficient (Wildman–Crippen LogP) is 3.66. The van der Waals surface area contributed by atoms with E-state index >= 15 is 0 Å². The normalized spacial score (nSPS) is 23.4. The molecular weight excluding hydrogens is 264 g/mol. The topological polar surface area (TPSA) is 55.1 Å². The van der Waals surface area contributed by atoms with E-state index in [0.29, 0.717) is 22.8 Å². The first kappa shape index (κ1) is 12.9. The van der Waals surface area contributed by atoms with Crippen LogP contribution in [0.2, 0.25) is 0 Å². The number of carbonyl (C=O) groups is 1. The standard InChI is InChI=1S/C17H20N2O2/c1-17(2)8-12(17)9-19-14-7-11(16(20)21)5-6-13(14)18-15(19)10-3-4-10/h5-7,10,12H,3-4,8-9H2,1-2H3,(H,20,21). The van der Waals surface area contributed by atoms with E-state index in [9.17, 15) is 9.90 Å². The van der Waals surface area contributed by atoms with Crippen molar-refractivity contribution < 1.29 is 9.90 Å². The van der Waals surface area contributed by atoms with Crippen LogP contribution in [0.25, 0.3) is 11.0 Å². The molecule has 2 fully saturated rings. The lowest BCUT2D eigenvalue weighted by Gasteiger charge is -2.10. The summed E-state index contributed by atoms with van der Waals surface area (Å²) < 4.78 is 2.29. The van der Waals surface area contributed by atoms with Crippen molar-refractivity contribution in [1.82, 2.24) is 9.55 Å². The summed E-state index contributed by atoms with van der Waals surface area (Å²) in [5, 5.41) is 9.21. The number of carboxylic acids is 1. The quantitative estimate of drug-likeness (QED) is 0.932. The third kappa shape index (κ3) is 2.13. The van der Waals surface area contributed by atoms with Gasteiger partial charge in [0.1, 0.15) is 5.82 Å². The minimum absolute atomic E-state index is 0.348. The van der Waals surface area contributed by atoms with Crippen molar-refractivity contribution in [1.29, 1.82) is 0 Å². The zero-order valence-corrected chi connectivity index (χ0v) is 12.5. The lowest BCUT2D eigenvalue weighted by Crippen LogP contribution is -2.07. The van der Waals surface area contributed by atoms with Gasteiger partial charge in [-0.3, -0.25) is 0 Å². The molecule has 21 heavy (non-hydrogen) atoms. The summed E-state index contributed by atoms with van der Waals surface area (Å²) in [5.74, 6) is 1.55. The largest absolute Gasteiger partial charge is 0.478 e. The maximum atomic E-state index is 11.2. The van der Waals surface area contributed by atoms with Gasteiger partial charge in [-0.2, -0.15) is 0 Å². The third-order valence-corrected chi connectivity index (χ3v) is 5.09. The highest BCUT2D eigenvalue weighted by molar-refractivity contribution is 5.92. The van der Waals surface area contributed by atoms with E-state index < -0.39 is 5.97 Å². The first-order chi connectivity index (χ1) is 9.95. The molecule has 2 aromatic rings. The Bertz CT molecular complexity index is 741. The molecule has 4 rings (SSSR count). The van der Waals surface area contributed by atoms with Gasteiger partial charge in [-0.15, -0.1) is 0 Å². The fraction of sp³-hybridized carbons (Fsp3) is 0.529. The zero-order valence-electron chi connectivity index (χ0n) is 12.5. The number of imidazole rings is 1. The molecule has 2 saturated carbocycles. The Morgan fingerprint density at radius 2 is 2.14 bits per heavy atom. The first-order valence-corrected chi connectivity index (χ1v) is 7.69. The minimum atomic E-state index is -0.871. The molecular formula is C17H20N2O2. The summed E-state index contributed by atoms with van der Waals surface area (Å²) in [4.78, 5) is 16.0. The van der Waals surface area contributed by atoms with Gasteiger partial charge in [-0.05, 0) is 48.8 Å². The highest BCUT2D eigenvalue weighted by Crippen LogP contribution is 2.53. The van der Waals surface area contributed by atoms with E-state index in [2.05, 4.69) is 18.4 Å². The van der Waals surface area contributed by atoms with Crippen LogP contribution in [0.4, 0.5) is 0 Å². The summed E-state index contributed by atoms with van der Waals surface area (Å²) in [6.07, 6.45) is 3.67. The molecule has 2 aliphatic rings. The number of aromatic nitrogens is 2. The number of hydrogen-bond acceptors (Lipinski definition) is 2. The van der Waals surface area contributed by atoms with Gasteiger partial charge in [0.05, 0.1) is 16.6 Å². The van der Waals surface area contributed by atoms with Crippen molar-refractivity contribution in [2.45, 2.75) is 45.6 Å². The number of benzene rings is 1. The number of hydrogen-bond donors (Lipinski definition) is 1. The van der Waals surface area contributed by atoms with Crippen LogP contribution >= 0.6 is 0 Å². The number of fused-ring (bicyclic) bond motifs is 1. The van der Waals surface area contributed by atoms with Crippen LogP contribution in [0.5, 0.6) is 0 Å². The molecule has 1 heterocycles. The maximum Gasteiger partial charge on any atom is 0.335 e. The van der Waals surface area contributed by atoms with E-state index in [1.54, 1.807) is 12.1 Å². The summed E-state index contributed by atoms with van der Waals surface area (Å²) >= 11 is 0. The van der Waals surface area contributed by atoms with E-state index in [1.807, 2.05) is 6.07 Å². The van der Waals surface area contributed by atoms with Crippen LogP contribution in [0.3, 0.4) is 0 Å². The highest BCUT2D eigenvalue weighted by Gasteiger charge is 2.46. The Kier molecular flexibility index (Phi) is 2.51. The monoisotopic (exact) mass is 284 g/mol. The molecule has 0 saturated heterocycles. The van der Waals surface area contributed by atoms with E-state index in [1.165, 1.54) is 19.3 Å². The van der Waals surface area contributed by atoms with Crippen LogP contribution in [-0.4, -0.2) is 20.6 Å². The van der Waals surface area contributed by atoms with Crippen molar-refractivity contribution in [2.24, 2.45) is 11.3 Å². The van der Waals surface area contributed by atoms with Gasteiger partial charge < -0.3 is 9.67 Å². The van der Waals surface area contributed by atoms with Crippen LogP contribution in [0.15, 0.2) is 18.2 Å². The smallest absolute Gasteiger partial charge is 0.335 e. The molecule has 0 aliphatic heterocycles. The summed E-state index contributed by atoms with van der Waals surface area (Å²) in [6, 6.07) is 5.28. The van der Waals surface area contributed by atoms with Crippen LogP contribution in [0.1, 0.15) is 55.2 Å². The Morgan fingerprint density at radius 3 is 2.71 bits per heavy atom. The van der Waals surface area contributed by atoms with Crippen LogP contribution in [0, 0.1) is 11.3 Å². The summed E-state index contributed by atoms with van der Waals surface area (Å²) in [5.41, 5.74) is 2.68. The van der Waals surface area contributed by atoms with E-state index in [-0.39, 0.29) is 0 Å². The van der Waals surface area contributed by atoms with Gasteiger partial charge >= 0.3 is 5.97 Å². The summed E-state index contributed by atoms with van der Waals surface area (Å²) in [7, 11) is 0. The van der Waals surface area contributed by atoms with Gasteiger partial charge in [0.15, 0.2) is 0 Å². The van der Waals surface area contributed by atoms with Gasteiger partial charge in [0.2, 0.25) is 0 Å². The van der Waals surface area contributed by atoms with Gasteiger partial charge in [-0.1, -0.05) is 13.8 Å². The predicted molar refractivity (Wildman–Crippen MR) is 80.6 cm³/mol. The number of nitrogens with zero attached hydrogens (tertiary/aromatic N) is 2. The van der Waals surface area contributed by atoms with Crippen molar-refractivity contribution in [2.75, 3.05) is 0 Å². The number of aromatic carboxylic acids is 1. The molecule has 0 radical (unpaired) electrons. The Morgan fingerprint density at radius 1 is 1.43 bits per heavy atom. The third-order valence-electron chi connectivity index (χ3n) is 5.09. The molecule has 4 heteroatoms. The second-order valence-electron chi connectivity index (χ2n) is 7.25. The van der Waals surface area contributed by atoms with E-state index in [0.717, 1.165) is 23.4 Å². The second-order valence-corrected chi connectivity index (χ2v) is 7.25. The Balaban J connectivity index is 1.81. The Labute approximate surface area is 123 Å². The summed E-state index contributed by atoms with van der Waals surface area (Å²) in [6.45, 7) is 5.57. The molecule has 1 N–H and O–H groups in total. The molecule has 2 aliphatic carbocycles. The molecule has 110 valence electrons. The average molecular weight is 284 g/mol.